The van der Waals surface area contributed by atoms with E-state index in [0.717, 1.165) is 29.1 Å². The number of rotatable bonds is 8. The smallest absolute Gasteiger partial charge is 0.175 e. The minimum absolute atomic E-state index is 0.489. The van der Waals surface area contributed by atoms with Gasteiger partial charge < -0.3 is 14.8 Å². The average Bonchev–Trinajstić information content (AvgIpc) is 2.35. The molecule has 1 aromatic rings. The number of hydrogen-bond donors (Lipinski definition) is 1. The molecule has 1 rings (SSSR count). The summed E-state index contributed by atoms with van der Waals surface area (Å²) < 4.78 is 12.5. The van der Waals surface area contributed by atoms with E-state index >= 15 is 0 Å². The standard InChI is InChI=1S/C15H24BrNO2/c1-5-17-9-12-7-13(16)15(19-10-11(3)4)14(8-12)18-6-2/h7-8,11,17H,5-6,9-10H2,1-4H3. The van der Waals surface area contributed by atoms with Crippen molar-refractivity contribution in [1.82, 2.24) is 5.32 Å². The van der Waals surface area contributed by atoms with Gasteiger partial charge in [-0.3, -0.25) is 0 Å². The number of hydrogen-bond acceptors (Lipinski definition) is 3. The van der Waals surface area contributed by atoms with Crippen LogP contribution in [0.1, 0.15) is 33.3 Å². The van der Waals surface area contributed by atoms with Crippen LogP contribution in [0.3, 0.4) is 0 Å². The van der Waals surface area contributed by atoms with Crippen LogP contribution < -0.4 is 14.8 Å². The summed E-state index contributed by atoms with van der Waals surface area (Å²) >= 11 is 3.58. The Labute approximate surface area is 124 Å². The highest BCUT2D eigenvalue weighted by atomic mass is 79.9. The lowest BCUT2D eigenvalue weighted by atomic mass is 10.2. The Kier molecular flexibility index (Phi) is 7.24. The zero-order chi connectivity index (χ0) is 14.3. The topological polar surface area (TPSA) is 30.5 Å². The minimum atomic E-state index is 0.489. The van der Waals surface area contributed by atoms with Crippen LogP contribution in [0.25, 0.3) is 0 Å². The van der Waals surface area contributed by atoms with Gasteiger partial charge in [0.15, 0.2) is 11.5 Å². The molecule has 0 amide bonds. The SMILES string of the molecule is CCNCc1cc(Br)c(OCC(C)C)c(OCC)c1. The van der Waals surface area contributed by atoms with Gasteiger partial charge in [0.1, 0.15) is 0 Å². The summed E-state index contributed by atoms with van der Waals surface area (Å²) in [6, 6.07) is 4.13. The Balaban J connectivity index is 2.93. The van der Waals surface area contributed by atoms with Crippen molar-refractivity contribution in [3.05, 3.63) is 22.2 Å². The van der Waals surface area contributed by atoms with Crippen LogP contribution >= 0.6 is 15.9 Å². The molecule has 0 spiro atoms. The molecule has 4 heteroatoms. The number of halogens is 1. The maximum atomic E-state index is 5.85. The predicted molar refractivity (Wildman–Crippen MR) is 83.0 cm³/mol. The van der Waals surface area contributed by atoms with E-state index in [-0.39, 0.29) is 0 Å². The first-order valence-electron chi connectivity index (χ1n) is 6.87. The van der Waals surface area contributed by atoms with Crippen molar-refractivity contribution in [2.45, 2.75) is 34.2 Å². The Hall–Kier alpha value is -0.740. The molecular formula is C15H24BrNO2. The van der Waals surface area contributed by atoms with Crippen molar-refractivity contribution in [3.8, 4) is 11.5 Å². The molecule has 108 valence electrons. The van der Waals surface area contributed by atoms with E-state index in [2.05, 4.69) is 48.1 Å². The van der Waals surface area contributed by atoms with Gasteiger partial charge in [0.05, 0.1) is 17.7 Å². The summed E-state index contributed by atoms with van der Waals surface area (Å²) in [6.07, 6.45) is 0. The van der Waals surface area contributed by atoms with Gasteiger partial charge in [-0.2, -0.15) is 0 Å². The number of benzene rings is 1. The van der Waals surface area contributed by atoms with Crippen molar-refractivity contribution < 1.29 is 9.47 Å². The highest BCUT2D eigenvalue weighted by Crippen LogP contribution is 2.37. The van der Waals surface area contributed by atoms with E-state index in [0.29, 0.717) is 19.1 Å². The molecule has 0 radical (unpaired) electrons. The fourth-order valence-corrected chi connectivity index (χ4v) is 2.25. The van der Waals surface area contributed by atoms with Crippen LogP contribution in [-0.2, 0) is 6.54 Å². The monoisotopic (exact) mass is 329 g/mol. The first-order valence-corrected chi connectivity index (χ1v) is 7.66. The molecule has 0 atom stereocenters. The Morgan fingerprint density at radius 1 is 1.21 bits per heavy atom. The third-order valence-electron chi connectivity index (χ3n) is 2.51. The van der Waals surface area contributed by atoms with Crippen LogP contribution in [-0.4, -0.2) is 19.8 Å². The van der Waals surface area contributed by atoms with Crippen molar-refractivity contribution in [2.75, 3.05) is 19.8 Å². The molecule has 0 aliphatic rings. The van der Waals surface area contributed by atoms with Gasteiger partial charge in [-0.25, -0.2) is 0 Å². The molecule has 0 aromatic heterocycles. The summed E-state index contributed by atoms with van der Waals surface area (Å²) in [5.41, 5.74) is 1.19. The van der Waals surface area contributed by atoms with Crippen molar-refractivity contribution in [1.29, 1.82) is 0 Å². The molecule has 0 heterocycles. The number of ether oxygens (including phenoxy) is 2. The molecule has 0 saturated heterocycles. The lowest BCUT2D eigenvalue weighted by Gasteiger charge is -2.16. The van der Waals surface area contributed by atoms with Crippen molar-refractivity contribution >= 4 is 15.9 Å². The molecule has 0 aliphatic heterocycles. The third kappa shape index (κ3) is 5.41. The molecular weight excluding hydrogens is 306 g/mol. The zero-order valence-corrected chi connectivity index (χ0v) is 13.8. The highest BCUT2D eigenvalue weighted by Gasteiger charge is 2.12. The average molecular weight is 330 g/mol. The first-order chi connectivity index (χ1) is 9.08. The second kappa shape index (κ2) is 8.43. The van der Waals surface area contributed by atoms with Crippen LogP contribution in [0.2, 0.25) is 0 Å². The van der Waals surface area contributed by atoms with Crippen molar-refractivity contribution in [3.63, 3.8) is 0 Å². The third-order valence-corrected chi connectivity index (χ3v) is 3.10. The Morgan fingerprint density at radius 3 is 2.53 bits per heavy atom. The molecule has 0 bridgehead atoms. The zero-order valence-electron chi connectivity index (χ0n) is 12.3. The normalized spacial score (nSPS) is 10.8. The maximum Gasteiger partial charge on any atom is 0.175 e. The highest BCUT2D eigenvalue weighted by molar-refractivity contribution is 9.10. The summed E-state index contributed by atoms with van der Waals surface area (Å²) in [4.78, 5) is 0. The molecule has 0 unspecified atom stereocenters. The Morgan fingerprint density at radius 2 is 1.95 bits per heavy atom. The molecule has 19 heavy (non-hydrogen) atoms. The molecule has 1 N–H and O–H groups in total. The predicted octanol–water partition coefficient (Wildman–Crippen LogP) is 3.99. The van der Waals surface area contributed by atoms with E-state index in [1.165, 1.54) is 5.56 Å². The van der Waals surface area contributed by atoms with Gasteiger partial charge in [-0.05, 0) is 53.0 Å². The summed E-state index contributed by atoms with van der Waals surface area (Å²) in [5, 5.41) is 3.31. The van der Waals surface area contributed by atoms with Crippen LogP contribution in [0, 0.1) is 5.92 Å². The fraction of sp³-hybridized carbons (Fsp3) is 0.600. The van der Waals surface area contributed by atoms with Crippen LogP contribution in [0.15, 0.2) is 16.6 Å². The summed E-state index contributed by atoms with van der Waals surface area (Å²) in [7, 11) is 0. The molecule has 0 saturated carbocycles. The maximum absolute atomic E-state index is 5.85. The van der Waals surface area contributed by atoms with E-state index < -0.39 is 0 Å². The summed E-state index contributed by atoms with van der Waals surface area (Å²) in [6.45, 7) is 11.4. The van der Waals surface area contributed by atoms with Crippen molar-refractivity contribution in [2.24, 2.45) is 5.92 Å². The second-order valence-electron chi connectivity index (χ2n) is 4.82. The second-order valence-corrected chi connectivity index (χ2v) is 5.68. The first kappa shape index (κ1) is 16.3. The fourth-order valence-electron chi connectivity index (χ4n) is 1.65. The van der Waals surface area contributed by atoms with E-state index in [4.69, 9.17) is 9.47 Å². The minimum Gasteiger partial charge on any atom is -0.490 e. The molecule has 0 aliphatic carbocycles. The number of nitrogens with one attached hydrogen (secondary N) is 1. The largest absolute Gasteiger partial charge is 0.490 e. The van der Waals surface area contributed by atoms with Gasteiger partial charge in [-0.1, -0.05) is 20.8 Å². The van der Waals surface area contributed by atoms with Gasteiger partial charge in [-0.15, -0.1) is 0 Å². The quantitative estimate of drug-likeness (QED) is 0.782. The molecule has 0 fully saturated rings. The van der Waals surface area contributed by atoms with Gasteiger partial charge >= 0.3 is 0 Å². The van der Waals surface area contributed by atoms with Gasteiger partial charge in [0, 0.05) is 6.54 Å². The lowest BCUT2D eigenvalue weighted by molar-refractivity contribution is 0.246. The molecule has 1 aromatic carbocycles. The van der Waals surface area contributed by atoms with Crippen LogP contribution in [0.4, 0.5) is 0 Å². The van der Waals surface area contributed by atoms with Gasteiger partial charge in [0.25, 0.3) is 0 Å². The van der Waals surface area contributed by atoms with E-state index in [1.807, 2.05) is 13.0 Å². The van der Waals surface area contributed by atoms with E-state index in [1.54, 1.807) is 0 Å². The van der Waals surface area contributed by atoms with E-state index in [9.17, 15) is 0 Å². The van der Waals surface area contributed by atoms with Crippen LogP contribution in [0.5, 0.6) is 11.5 Å². The lowest BCUT2D eigenvalue weighted by Crippen LogP contribution is -2.12. The molecule has 3 nitrogen and oxygen atoms in total. The Bertz CT molecular complexity index is 394. The summed E-state index contributed by atoms with van der Waals surface area (Å²) in [5.74, 6) is 2.10. The van der Waals surface area contributed by atoms with Gasteiger partial charge in [0.2, 0.25) is 0 Å².